The number of cyclic esters (lactones) is 1. The van der Waals surface area contributed by atoms with Gasteiger partial charge in [-0.2, -0.15) is 0 Å². The van der Waals surface area contributed by atoms with Crippen molar-refractivity contribution in [2.45, 2.75) is 0 Å². The number of nitro benzene ring substituents is 1. The number of benzene rings is 2. The Kier molecular flexibility index (Phi) is 3.42. The SMILES string of the molecule is O=C1OC(c2ccc([N+](=O)[O-])cc2)=NC1=Cc1ccc2c(c1)OCO2. The number of esters is 1. The van der Waals surface area contributed by atoms with Crippen LogP contribution in [0.1, 0.15) is 11.1 Å². The topological polar surface area (TPSA) is 100 Å². The molecule has 0 saturated heterocycles. The first-order valence-corrected chi connectivity index (χ1v) is 7.27. The molecule has 0 spiro atoms. The van der Waals surface area contributed by atoms with Gasteiger partial charge < -0.3 is 14.2 Å². The number of non-ortho nitro benzene ring substituents is 1. The third kappa shape index (κ3) is 2.80. The number of aliphatic imine (C=N–C) groups is 1. The Morgan fingerprint density at radius 1 is 1.08 bits per heavy atom. The smallest absolute Gasteiger partial charge is 0.363 e. The minimum Gasteiger partial charge on any atom is -0.454 e. The van der Waals surface area contributed by atoms with Crippen LogP contribution in [0.2, 0.25) is 0 Å². The number of hydrogen-bond acceptors (Lipinski definition) is 7. The van der Waals surface area contributed by atoms with Crippen LogP contribution in [0.25, 0.3) is 6.08 Å². The molecule has 0 radical (unpaired) electrons. The molecule has 2 aromatic carbocycles. The number of rotatable bonds is 3. The predicted octanol–water partition coefficient (Wildman–Crippen LogP) is 2.67. The van der Waals surface area contributed by atoms with Crippen LogP contribution in [0.3, 0.4) is 0 Å². The summed E-state index contributed by atoms with van der Waals surface area (Å²) >= 11 is 0. The van der Waals surface area contributed by atoms with E-state index in [0.29, 0.717) is 22.6 Å². The molecule has 2 aliphatic heterocycles. The lowest BCUT2D eigenvalue weighted by Crippen LogP contribution is -2.05. The first-order chi connectivity index (χ1) is 12.1. The van der Waals surface area contributed by atoms with E-state index < -0.39 is 10.9 Å². The van der Waals surface area contributed by atoms with Gasteiger partial charge in [-0.1, -0.05) is 6.07 Å². The maximum atomic E-state index is 12.0. The zero-order valence-electron chi connectivity index (χ0n) is 12.7. The molecule has 0 fully saturated rings. The van der Waals surface area contributed by atoms with Gasteiger partial charge in [-0.25, -0.2) is 9.79 Å². The fourth-order valence-corrected chi connectivity index (χ4v) is 2.42. The second-order valence-electron chi connectivity index (χ2n) is 5.25. The van der Waals surface area contributed by atoms with E-state index in [9.17, 15) is 14.9 Å². The average molecular weight is 338 g/mol. The molecule has 0 aliphatic carbocycles. The van der Waals surface area contributed by atoms with Crippen LogP contribution < -0.4 is 9.47 Å². The minimum absolute atomic E-state index is 0.0511. The highest BCUT2D eigenvalue weighted by molar-refractivity contribution is 6.12. The minimum atomic E-state index is -0.592. The Balaban J connectivity index is 1.62. The first kappa shape index (κ1) is 14.9. The zero-order valence-corrected chi connectivity index (χ0v) is 12.7. The molecule has 2 aromatic rings. The van der Waals surface area contributed by atoms with Gasteiger partial charge in [-0.3, -0.25) is 10.1 Å². The second-order valence-corrected chi connectivity index (χ2v) is 5.25. The molecule has 0 N–H and O–H groups in total. The highest BCUT2D eigenvalue weighted by Crippen LogP contribution is 2.33. The molecular formula is C17H10N2O6. The fourth-order valence-electron chi connectivity index (χ4n) is 2.42. The van der Waals surface area contributed by atoms with Crippen LogP contribution in [0.5, 0.6) is 11.5 Å². The van der Waals surface area contributed by atoms with Crippen LogP contribution in [0, 0.1) is 10.1 Å². The summed E-state index contributed by atoms with van der Waals surface area (Å²) < 4.78 is 15.7. The molecule has 0 aromatic heterocycles. The van der Waals surface area contributed by atoms with Gasteiger partial charge in [0.2, 0.25) is 12.7 Å². The van der Waals surface area contributed by atoms with E-state index in [4.69, 9.17) is 14.2 Å². The van der Waals surface area contributed by atoms with Crippen molar-refractivity contribution in [3.63, 3.8) is 0 Å². The summed E-state index contributed by atoms with van der Waals surface area (Å²) in [6.45, 7) is 0.167. The van der Waals surface area contributed by atoms with Gasteiger partial charge in [0.15, 0.2) is 17.2 Å². The lowest BCUT2D eigenvalue weighted by molar-refractivity contribution is -0.384. The maximum Gasteiger partial charge on any atom is 0.363 e. The molecule has 4 rings (SSSR count). The number of carbonyl (C=O) groups is 1. The monoisotopic (exact) mass is 338 g/mol. The Morgan fingerprint density at radius 2 is 1.84 bits per heavy atom. The molecular weight excluding hydrogens is 328 g/mol. The average Bonchev–Trinajstić information content (AvgIpc) is 3.21. The summed E-state index contributed by atoms with van der Waals surface area (Å²) in [5.74, 6) is 0.754. The number of fused-ring (bicyclic) bond motifs is 1. The third-order valence-corrected chi connectivity index (χ3v) is 3.65. The van der Waals surface area contributed by atoms with Crippen molar-refractivity contribution in [2.24, 2.45) is 4.99 Å². The summed E-state index contributed by atoms with van der Waals surface area (Å²) in [5.41, 5.74) is 1.27. The largest absolute Gasteiger partial charge is 0.454 e. The normalized spacial score (nSPS) is 16.7. The second kappa shape index (κ2) is 5.75. The van der Waals surface area contributed by atoms with Gasteiger partial charge in [0, 0.05) is 17.7 Å². The maximum absolute atomic E-state index is 12.0. The Morgan fingerprint density at radius 3 is 2.60 bits per heavy atom. The lowest BCUT2D eigenvalue weighted by atomic mass is 10.1. The summed E-state index contributed by atoms with van der Waals surface area (Å²) in [7, 11) is 0. The summed E-state index contributed by atoms with van der Waals surface area (Å²) in [6.07, 6.45) is 1.57. The number of ether oxygens (including phenoxy) is 3. The molecule has 0 unspecified atom stereocenters. The van der Waals surface area contributed by atoms with Gasteiger partial charge in [-0.05, 0) is 35.9 Å². The van der Waals surface area contributed by atoms with Gasteiger partial charge in [0.05, 0.1) is 4.92 Å². The number of nitro groups is 1. The van der Waals surface area contributed by atoms with Crippen LogP contribution in [0.15, 0.2) is 53.2 Å². The van der Waals surface area contributed by atoms with Crippen molar-refractivity contribution in [3.05, 3.63) is 69.4 Å². The molecule has 25 heavy (non-hydrogen) atoms. The molecule has 0 bridgehead atoms. The van der Waals surface area contributed by atoms with E-state index in [-0.39, 0.29) is 24.1 Å². The molecule has 2 heterocycles. The number of hydrogen-bond donors (Lipinski definition) is 0. The molecule has 0 atom stereocenters. The van der Waals surface area contributed by atoms with Gasteiger partial charge in [-0.15, -0.1) is 0 Å². The van der Waals surface area contributed by atoms with Crippen molar-refractivity contribution >= 4 is 23.6 Å². The van der Waals surface area contributed by atoms with Crippen LogP contribution in [-0.4, -0.2) is 23.6 Å². The van der Waals surface area contributed by atoms with Gasteiger partial charge >= 0.3 is 5.97 Å². The van der Waals surface area contributed by atoms with E-state index in [1.807, 2.05) is 0 Å². The summed E-state index contributed by atoms with van der Waals surface area (Å²) in [6, 6.07) is 10.9. The van der Waals surface area contributed by atoms with Gasteiger partial charge in [0.1, 0.15) is 0 Å². The predicted molar refractivity (Wildman–Crippen MR) is 86.3 cm³/mol. The quantitative estimate of drug-likeness (QED) is 0.369. The Labute approximate surface area is 141 Å². The third-order valence-electron chi connectivity index (χ3n) is 3.65. The van der Waals surface area contributed by atoms with E-state index in [1.165, 1.54) is 24.3 Å². The molecule has 0 amide bonds. The van der Waals surface area contributed by atoms with Crippen molar-refractivity contribution < 1.29 is 23.9 Å². The molecule has 2 aliphatic rings. The Bertz CT molecular complexity index is 946. The number of nitrogens with zero attached hydrogens (tertiary/aromatic N) is 2. The number of carbonyl (C=O) groups excluding carboxylic acids is 1. The highest BCUT2D eigenvalue weighted by Gasteiger charge is 2.25. The van der Waals surface area contributed by atoms with Crippen LogP contribution in [0.4, 0.5) is 5.69 Å². The van der Waals surface area contributed by atoms with E-state index in [2.05, 4.69) is 4.99 Å². The molecule has 8 heteroatoms. The van der Waals surface area contributed by atoms with Gasteiger partial charge in [0.25, 0.3) is 5.69 Å². The summed E-state index contributed by atoms with van der Waals surface area (Å²) in [5, 5.41) is 10.7. The summed E-state index contributed by atoms with van der Waals surface area (Å²) in [4.78, 5) is 26.3. The van der Waals surface area contributed by atoms with E-state index >= 15 is 0 Å². The molecule has 8 nitrogen and oxygen atoms in total. The highest BCUT2D eigenvalue weighted by atomic mass is 16.7. The van der Waals surface area contributed by atoms with E-state index in [0.717, 1.165) is 0 Å². The molecule has 124 valence electrons. The fraction of sp³-hybridized carbons (Fsp3) is 0.0588. The van der Waals surface area contributed by atoms with Crippen molar-refractivity contribution in [3.8, 4) is 11.5 Å². The standard InChI is InChI=1S/C17H10N2O6/c20-17-13(7-10-1-6-14-15(8-10)24-9-23-14)18-16(25-17)11-2-4-12(5-3-11)19(21)22/h1-8H,9H2. The van der Waals surface area contributed by atoms with Crippen molar-refractivity contribution in [1.29, 1.82) is 0 Å². The Hall–Kier alpha value is -3.68. The van der Waals surface area contributed by atoms with E-state index in [1.54, 1.807) is 24.3 Å². The van der Waals surface area contributed by atoms with Crippen molar-refractivity contribution in [1.82, 2.24) is 0 Å². The molecule has 0 saturated carbocycles. The van der Waals surface area contributed by atoms with Crippen LogP contribution in [-0.2, 0) is 9.53 Å². The zero-order chi connectivity index (χ0) is 17.4. The first-order valence-electron chi connectivity index (χ1n) is 7.27. The lowest BCUT2D eigenvalue weighted by Gasteiger charge is -1.98. The van der Waals surface area contributed by atoms with Crippen LogP contribution >= 0.6 is 0 Å². The van der Waals surface area contributed by atoms with Crippen molar-refractivity contribution in [2.75, 3.05) is 6.79 Å².